The molecule has 0 aliphatic carbocycles. The van der Waals surface area contributed by atoms with Gasteiger partial charge in [0.15, 0.2) is 0 Å². The highest BCUT2D eigenvalue weighted by Crippen LogP contribution is 2.34. The van der Waals surface area contributed by atoms with Gasteiger partial charge in [-0.15, -0.1) is 0 Å². The molecular weight excluding hydrogens is 347 g/mol. The Morgan fingerprint density at radius 2 is 1.77 bits per heavy atom. The zero-order chi connectivity index (χ0) is 19.2. The molecule has 0 saturated carbocycles. The fraction of sp³-hybridized carbons (Fsp3) is 0.278. The molecule has 138 valence electrons. The van der Waals surface area contributed by atoms with E-state index >= 15 is 0 Å². The van der Waals surface area contributed by atoms with Crippen LogP contribution >= 0.6 is 0 Å². The molecule has 0 unspecified atom stereocenters. The van der Waals surface area contributed by atoms with E-state index < -0.39 is 30.0 Å². The summed E-state index contributed by atoms with van der Waals surface area (Å²) in [7, 11) is 1.54. The van der Waals surface area contributed by atoms with E-state index in [-0.39, 0.29) is 5.69 Å². The number of amides is 2. The quantitative estimate of drug-likeness (QED) is 0.800. The lowest BCUT2D eigenvalue weighted by Crippen LogP contribution is -2.32. The summed E-state index contributed by atoms with van der Waals surface area (Å²) in [6, 6.07) is 8.28. The highest BCUT2D eigenvalue weighted by molar-refractivity contribution is 6.03. The first-order valence-corrected chi connectivity index (χ1v) is 7.86. The van der Waals surface area contributed by atoms with E-state index in [2.05, 4.69) is 10.3 Å². The number of nitrogens with one attached hydrogen (secondary N) is 1. The van der Waals surface area contributed by atoms with Gasteiger partial charge in [0.1, 0.15) is 6.42 Å². The van der Waals surface area contributed by atoms with Gasteiger partial charge in [0.25, 0.3) is 0 Å². The van der Waals surface area contributed by atoms with Crippen LogP contribution in [0.25, 0.3) is 0 Å². The molecule has 5 nitrogen and oxygen atoms in total. The summed E-state index contributed by atoms with van der Waals surface area (Å²) in [6.07, 6.45) is -1.25. The number of halogens is 3. The van der Waals surface area contributed by atoms with Crippen LogP contribution in [-0.4, -0.2) is 35.3 Å². The fourth-order valence-corrected chi connectivity index (χ4v) is 2.28. The van der Waals surface area contributed by atoms with E-state index in [9.17, 15) is 22.8 Å². The lowest BCUT2D eigenvalue weighted by molar-refractivity contribution is -0.137. The van der Waals surface area contributed by atoms with Crippen LogP contribution in [0.15, 0.2) is 48.8 Å². The maximum absolute atomic E-state index is 12.9. The van der Waals surface area contributed by atoms with Gasteiger partial charge in [-0.25, -0.2) is 0 Å². The number of nitrogens with zero attached hydrogens (tertiary/aromatic N) is 2. The molecule has 2 aromatic rings. The Labute approximate surface area is 148 Å². The van der Waals surface area contributed by atoms with Crippen molar-refractivity contribution in [2.24, 2.45) is 0 Å². The number of benzene rings is 1. The highest BCUT2D eigenvalue weighted by atomic mass is 19.4. The van der Waals surface area contributed by atoms with Crippen LogP contribution < -0.4 is 5.32 Å². The van der Waals surface area contributed by atoms with Gasteiger partial charge in [0.2, 0.25) is 11.8 Å². The molecule has 1 aromatic heterocycles. The normalized spacial score (nSPS) is 11.1. The zero-order valence-electron chi connectivity index (χ0n) is 14.1. The van der Waals surface area contributed by atoms with Crippen molar-refractivity contribution in [2.75, 3.05) is 18.9 Å². The van der Waals surface area contributed by atoms with E-state index in [1.165, 1.54) is 17.0 Å². The summed E-state index contributed by atoms with van der Waals surface area (Å²) in [4.78, 5) is 29.3. The van der Waals surface area contributed by atoms with Gasteiger partial charge < -0.3 is 10.2 Å². The van der Waals surface area contributed by atoms with Crippen molar-refractivity contribution >= 4 is 17.5 Å². The number of likely N-dealkylation sites (N-methyl/N-ethyl adjacent to an activating group) is 1. The molecule has 0 saturated heterocycles. The number of alkyl halides is 3. The van der Waals surface area contributed by atoms with Crippen LogP contribution in [0.4, 0.5) is 18.9 Å². The molecular formula is C18H18F3N3O2. The van der Waals surface area contributed by atoms with Crippen LogP contribution in [0.2, 0.25) is 0 Å². The number of aromatic nitrogens is 1. The standard InChI is InChI=1S/C18H18F3N3O2/c1-24(11-8-13-6-9-22-10-7-13)17(26)12-16(25)23-15-5-3-2-4-14(15)18(19,20)21/h2-7,9-10H,8,11-12H2,1H3,(H,23,25). The van der Waals surface area contributed by atoms with Crippen molar-refractivity contribution in [1.29, 1.82) is 0 Å². The van der Waals surface area contributed by atoms with E-state index in [0.717, 1.165) is 17.7 Å². The van der Waals surface area contributed by atoms with E-state index in [1.54, 1.807) is 19.4 Å². The second-order valence-electron chi connectivity index (χ2n) is 5.69. The predicted octanol–water partition coefficient (Wildman–Crippen LogP) is 3.13. The predicted molar refractivity (Wildman–Crippen MR) is 90.3 cm³/mol. The molecule has 26 heavy (non-hydrogen) atoms. The minimum Gasteiger partial charge on any atom is -0.345 e. The number of anilines is 1. The average molecular weight is 365 g/mol. The minimum atomic E-state index is -4.59. The third-order valence-electron chi connectivity index (χ3n) is 3.73. The van der Waals surface area contributed by atoms with Crippen molar-refractivity contribution in [3.05, 3.63) is 59.9 Å². The first-order chi connectivity index (χ1) is 12.3. The summed E-state index contributed by atoms with van der Waals surface area (Å²) in [5.41, 5.74) is -0.327. The largest absolute Gasteiger partial charge is 0.418 e. The van der Waals surface area contributed by atoms with Crippen LogP contribution in [0.1, 0.15) is 17.5 Å². The third-order valence-corrected chi connectivity index (χ3v) is 3.73. The molecule has 0 atom stereocenters. The van der Waals surface area contributed by atoms with Gasteiger partial charge in [0, 0.05) is 26.0 Å². The Morgan fingerprint density at radius 3 is 2.42 bits per heavy atom. The lowest BCUT2D eigenvalue weighted by Gasteiger charge is -2.18. The smallest absolute Gasteiger partial charge is 0.345 e. The molecule has 0 bridgehead atoms. The van der Waals surface area contributed by atoms with Crippen LogP contribution in [0.5, 0.6) is 0 Å². The Balaban J connectivity index is 1.90. The number of para-hydroxylation sites is 1. The van der Waals surface area contributed by atoms with Gasteiger partial charge >= 0.3 is 6.18 Å². The summed E-state index contributed by atoms with van der Waals surface area (Å²) in [5.74, 6) is -1.26. The van der Waals surface area contributed by atoms with Crippen molar-refractivity contribution in [3.8, 4) is 0 Å². The Bertz CT molecular complexity index is 764. The molecule has 2 amide bonds. The van der Waals surface area contributed by atoms with Gasteiger partial charge in [0.05, 0.1) is 11.3 Å². The summed E-state index contributed by atoms with van der Waals surface area (Å²) in [5, 5.41) is 2.16. The molecule has 8 heteroatoms. The number of carbonyl (C=O) groups excluding carboxylic acids is 2. The number of rotatable bonds is 6. The van der Waals surface area contributed by atoms with E-state index in [4.69, 9.17) is 0 Å². The minimum absolute atomic E-state index is 0.364. The topological polar surface area (TPSA) is 62.3 Å². The van der Waals surface area contributed by atoms with Gasteiger partial charge in [-0.1, -0.05) is 12.1 Å². The van der Waals surface area contributed by atoms with Crippen molar-refractivity contribution in [3.63, 3.8) is 0 Å². The monoisotopic (exact) mass is 365 g/mol. The second kappa shape index (κ2) is 8.46. The third kappa shape index (κ3) is 5.58. The molecule has 1 aromatic carbocycles. The maximum Gasteiger partial charge on any atom is 0.418 e. The molecule has 1 heterocycles. The zero-order valence-corrected chi connectivity index (χ0v) is 14.1. The Hall–Kier alpha value is -2.90. The number of carbonyl (C=O) groups is 2. The molecule has 1 N–H and O–H groups in total. The Kier molecular flexibility index (Phi) is 6.32. The van der Waals surface area contributed by atoms with Crippen LogP contribution in [0, 0.1) is 0 Å². The van der Waals surface area contributed by atoms with Gasteiger partial charge in [-0.05, 0) is 36.2 Å². The van der Waals surface area contributed by atoms with E-state index in [0.29, 0.717) is 13.0 Å². The van der Waals surface area contributed by atoms with Crippen molar-refractivity contribution < 1.29 is 22.8 Å². The molecule has 2 rings (SSSR count). The number of hydrogen-bond donors (Lipinski definition) is 1. The summed E-state index contributed by atoms with van der Waals surface area (Å²) in [6.45, 7) is 0.384. The second-order valence-corrected chi connectivity index (χ2v) is 5.69. The van der Waals surface area contributed by atoms with Gasteiger partial charge in [-0.2, -0.15) is 13.2 Å². The van der Waals surface area contributed by atoms with E-state index in [1.807, 2.05) is 12.1 Å². The molecule has 0 radical (unpaired) electrons. The maximum atomic E-state index is 12.9. The van der Waals surface area contributed by atoms with Crippen LogP contribution in [-0.2, 0) is 22.2 Å². The lowest BCUT2D eigenvalue weighted by atomic mass is 10.1. The van der Waals surface area contributed by atoms with Gasteiger partial charge in [-0.3, -0.25) is 14.6 Å². The summed E-state index contributed by atoms with van der Waals surface area (Å²) >= 11 is 0. The summed E-state index contributed by atoms with van der Waals surface area (Å²) < 4.78 is 38.8. The first-order valence-electron chi connectivity index (χ1n) is 7.86. The van der Waals surface area contributed by atoms with Crippen molar-refractivity contribution in [2.45, 2.75) is 19.0 Å². The molecule has 0 aliphatic rings. The van der Waals surface area contributed by atoms with Crippen LogP contribution in [0.3, 0.4) is 0 Å². The molecule has 0 spiro atoms. The highest BCUT2D eigenvalue weighted by Gasteiger charge is 2.33. The average Bonchev–Trinajstić information content (AvgIpc) is 2.60. The molecule has 0 fully saturated rings. The Morgan fingerprint density at radius 1 is 1.12 bits per heavy atom. The number of pyridine rings is 1. The molecule has 0 aliphatic heterocycles. The SMILES string of the molecule is CN(CCc1ccncc1)C(=O)CC(=O)Nc1ccccc1C(F)(F)F. The first kappa shape index (κ1) is 19.4. The number of hydrogen-bond acceptors (Lipinski definition) is 3. The van der Waals surface area contributed by atoms with Crippen molar-refractivity contribution in [1.82, 2.24) is 9.88 Å². The fourth-order valence-electron chi connectivity index (χ4n) is 2.28.